The summed E-state index contributed by atoms with van der Waals surface area (Å²) in [6.07, 6.45) is 14.0. The largest absolute Gasteiger partial charge is 0.459 e. The van der Waals surface area contributed by atoms with E-state index in [1.165, 1.54) is 32.1 Å². The molecule has 0 aromatic rings. The number of ether oxygens (including phenoxy) is 3. The van der Waals surface area contributed by atoms with E-state index in [9.17, 15) is 24.0 Å². The Balaban J connectivity index is 0. The van der Waals surface area contributed by atoms with E-state index in [0.717, 1.165) is 62.7 Å². The third kappa shape index (κ3) is 12.0. The molecule has 4 bridgehead atoms. The quantitative estimate of drug-likeness (QED) is 0.148. The smallest absolute Gasteiger partial charge is 0.317 e. The van der Waals surface area contributed by atoms with Crippen molar-refractivity contribution in [3.05, 3.63) is 0 Å². The number of ketones is 1. The van der Waals surface area contributed by atoms with Gasteiger partial charge in [-0.15, -0.1) is 0 Å². The minimum absolute atomic E-state index is 0. The van der Waals surface area contributed by atoms with Gasteiger partial charge in [-0.25, -0.2) is 0 Å². The lowest BCUT2D eigenvalue weighted by atomic mass is 9.73. The van der Waals surface area contributed by atoms with E-state index >= 15 is 0 Å². The van der Waals surface area contributed by atoms with Crippen LogP contribution in [-0.2, 0) is 38.2 Å². The van der Waals surface area contributed by atoms with Crippen LogP contribution < -0.4 is 0 Å². The minimum atomic E-state index is -0.662. The first-order valence-corrected chi connectivity index (χ1v) is 21.1. The van der Waals surface area contributed by atoms with E-state index < -0.39 is 17.5 Å². The highest BCUT2D eigenvalue weighted by Gasteiger charge is 2.54. The summed E-state index contributed by atoms with van der Waals surface area (Å²) in [5.41, 5.74) is -0.781. The zero-order valence-electron chi connectivity index (χ0n) is 34.0. The Morgan fingerprint density at radius 3 is 1.47 bits per heavy atom. The zero-order chi connectivity index (χ0) is 38.3. The van der Waals surface area contributed by atoms with Crippen LogP contribution in [0.1, 0.15) is 197 Å². The molecule has 0 N–H and O–H groups in total. The van der Waals surface area contributed by atoms with Crippen molar-refractivity contribution in [1.29, 1.82) is 0 Å². The highest BCUT2D eigenvalue weighted by Crippen LogP contribution is 2.57. The Labute approximate surface area is 358 Å². The molecule has 14 unspecified atom stereocenters. The van der Waals surface area contributed by atoms with Gasteiger partial charge in [-0.05, 0) is 138 Å². The summed E-state index contributed by atoms with van der Waals surface area (Å²) in [5.74, 6) is 5.08. The van der Waals surface area contributed by atoms with E-state index in [0.29, 0.717) is 41.9 Å². The molecule has 8 nitrogen and oxygen atoms in total. The molecule has 7 fully saturated rings. The van der Waals surface area contributed by atoms with E-state index in [2.05, 4.69) is 46.3 Å². The summed E-state index contributed by atoms with van der Waals surface area (Å²) in [4.78, 5) is 59.0. The second-order valence-electron chi connectivity index (χ2n) is 19.2. The van der Waals surface area contributed by atoms with Gasteiger partial charge in [0.05, 0.1) is 29.6 Å². The fourth-order valence-electron chi connectivity index (χ4n) is 11.5. The molecular formula is C50H94O8. The first kappa shape index (κ1) is 57.8. The molecule has 6 saturated carbocycles. The Kier molecular flexibility index (Phi) is 23.0. The average molecular weight is 823 g/mol. The summed E-state index contributed by atoms with van der Waals surface area (Å²) in [5, 5.41) is 0. The van der Waals surface area contributed by atoms with Gasteiger partial charge in [0, 0.05) is 6.42 Å². The fourth-order valence-corrected chi connectivity index (χ4v) is 11.5. The molecule has 14 atom stereocenters. The molecule has 0 aromatic carbocycles. The Morgan fingerprint density at radius 1 is 0.655 bits per heavy atom. The number of cyclic esters (lactones) is 2. The summed E-state index contributed by atoms with van der Waals surface area (Å²) in [6, 6.07) is 0. The van der Waals surface area contributed by atoms with Gasteiger partial charge in [-0.2, -0.15) is 0 Å². The molecule has 0 amide bonds. The molecule has 1 heterocycles. The Bertz CT molecular complexity index is 1310. The molecule has 7 aliphatic rings. The van der Waals surface area contributed by atoms with E-state index in [1.807, 2.05) is 13.8 Å². The number of carbonyl (C=O) groups excluding carboxylic acids is 5. The molecular weight excluding hydrogens is 729 g/mol. The van der Waals surface area contributed by atoms with Crippen molar-refractivity contribution >= 4 is 29.7 Å². The van der Waals surface area contributed by atoms with Crippen LogP contribution in [0.2, 0.25) is 0 Å². The van der Waals surface area contributed by atoms with Gasteiger partial charge in [-0.3, -0.25) is 24.0 Å². The molecule has 7 rings (SSSR count). The van der Waals surface area contributed by atoms with E-state index in [1.54, 1.807) is 13.8 Å². The van der Waals surface area contributed by atoms with Crippen LogP contribution in [0.3, 0.4) is 0 Å². The summed E-state index contributed by atoms with van der Waals surface area (Å²) < 4.78 is 16.4. The van der Waals surface area contributed by atoms with Gasteiger partial charge in [-0.1, -0.05) is 106 Å². The van der Waals surface area contributed by atoms with Crippen LogP contribution in [-0.4, -0.2) is 40.9 Å². The lowest BCUT2D eigenvalue weighted by Gasteiger charge is -2.39. The Morgan fingerprint density at radius 2 is 1.10 bits per heavy atom. The SMILES string of the molecule is C.C.C.C.C.C.CC1C(=O)OC(=O)C1C.CC1CCC(C(C)(C)OC(=O)C2CC3CC2C(C)C3C)C(=O)C1.CCC1(OC(=O)C2CC3CC2C(C)C3C)CCCCC1. The van der Waals surface area contributed by atoms with Crippen LogP contribution in [0.25, 0.3) is 0 Å². The van der Waals surface area contributed by atoms with Crippen molar-refractivity contribution in [2.45, 2.75) is 208 Å². The summed E-state index contributed by atoms with van der Waals surface area (Å²) >= 11 is 0. The van der Waals surface area contributed by atoms with Gasteiger partial charge < -0.3 is 14.2 Å². The number of Topliss-reactive ketones (excluding diaryl/α,β-unsaturated/α-hetero) is 1. The second kappa shape index (κ2) is 23.1. The molecule has 0 aromatic heterocycles. The molecule has 0 radical (unpaired) electrons. The number of hydrogen-bond acceptors (Lipinski definition) is 8. The maximum atomic E-state index is 12.8. The van der Waals surface area contributed by atoms with Crippen LogP contribution in [0.5, 0.6) is 0 Å². The third-order valence-electron chi connectivity index (χ3n) is 15.9. The predicted molar refractivity (Wildman–Crippen MR) is 240 cm³/mol. The lowest BCUT2D eigenvalue weighted by molar-refractivity contribution is -0.173. The monoisotopic (exact) mass is 823 g/mol. The highest BCUT2D eigenvalue weighted by atomic mass is 16.6. The lowest BCUT2D eigenvalue weighted by Crippen LogP contribution is -2.45. The maximum Gasteiger partial charge on any atom is 0.317 e. The van der Waals surface area contributed by atoms with E-state index in [-0.39, 0.29) is 97.5 Å². The normalized spacial score (nSPS) is 37.4. The van der Waals surface area contributed by atoms with Crippen molar-refractivity contribution in [2.24, 2.45) is 82.9 Å². The number of rotatable bonds is 6. The number of esters is 4. The Hall–Kier alpha value is -2.25. The number of carbonyl (C=O) groups is 5. The van der Waals surface area contributed by atoms with Gasteiger partial charge in [0.25, 0.3) is 0 Å². The minimum Gasteiger partial charge on any atom is -0.459 e. The van der Waals surface area contributed by atoms with Crippen molar-refractivity contribution in [2.75, 3.05) is 0 Å². The van der Waals surface area contributed by atoms with Crippen molar-refractivity contribution in [3.8, 4) is 0 Å². The first-order chi connectivity index (χ1) is 24.4. The highest BCUT2D eigenvalue weighted by molar-refractivity contribution is 5.95. The fraction of sp³-hybridized carbons (Fsp3) is 0.900. The summed E-state index contributed by atoms with van der Waals surface area (Å²) in [7, 11) is 0. The van der Waals surface area contributed by atoms with Gasteiger partial charge in [0.2, 0.25) is 0 Å². The van der Waals surface area contributed by atoms with Crippen LogP contribution in [0.15, 0.2) is 0 Å². The van der Waals surface area contributed by atoms with Crippen molar-refractivity contribution < 1.29 is 38.2 Å². The maximum absolute atomic E-state index is 12.8. The van der Waals surface area contributed by atoms with Gasteiger partial charge in [0.15, 0.2) is 0 Å². The second-order valence-corrected chi connectivity index (χ2v) is 19.2. The number of hydrogen-bond donors (Lipinski definition) is 0. The molecule has 342 valence electrons. The van der Waals surface area contributed by atoms with Crippen molar-refractivity contribution in [3.63, 3.8) is 0 Å². The average Bonchev–Trinajstić information content (AvgIpc) is 3.90. The summed E-state index contributed by atoms with van der Waals surface area (Å²) in [6.45, 7) is 20.9. The topological polar surface area (TPSA) is 113 Å². The van der Waals surface area contributed by atoms with Crippen LogP contribution in [0, 0.1) is 82.9 Å². The standard InChI is InChI=1S/C20H32O3.C18H30O2.C6H8O3.6CH4/c1-11-6-7-17(18(21)8-11)20(4,5)23-19(22)16-10-14-9-15(16)13(3)12(14)2;1-4-18(8-6-5-7-9-18)20-17(19)16-11-14-10-15(16)13(3)12(14)2;1-3-4(2)6(8)9-5(3)7;;;;;;/h11-17H,6-10H2,1-5H3;12-16H,4-11H2,1-3H3;3-4H,1-2H3;6*1H4. The van der Waals surface area contributed by atoms with Crippen molar-refractivity contribution in [1.82, 2.24) is 0 Å². The van der Waals surface area contributed by atoms with E-state index in [4.69, 9.17) is 9.47 Å². The van der Waals surface area contributed by atoms with Gasteiger partial charge >= 0.3 is 23.9 Å². The molecule has 1 saturated heterocycles. The number of fused-ring (bicyclic) bond motifs is 4. The first-order valence-electron chi connectivity index (χ1n) is 21.1. The zero-order valence-corrected chi connectivity index (χ0v) is 34.0. The molecule has 1 aliphatic heterocycles. The molecule has 58 heavy (non-hydrogen) atoms. The third-order valence-corrected chi connectivity index (χ3v) is 15.9. The molecule has 8 heteroatoms. The van der Waals surface area contributed by atoms with Gasteiger partial charge in [0.1, 0.15) is 17.0 Å². The van der Waals surface area contributed by atoms with Crippen LogP contribution >= 0.6 is 0 Å². The molecule has 6 aliphatic carbocycles. The predicted octanol–water partition coefficient (Wildman–Crippen LogP) is 13.0. The molecule has 0 spiro atoms. The van der Waals surface area contributed by atoms with Crippen LogP contribution in [0.4, 0.5) is 0 Å².